The molecule has 1 N–H and O–H groups in total. The summed E-state index contributed by atoms with van der Waals surface area (Å²) in [5, 5.41) is 6.71. The third-order valence-corrected chi connectivity index (χ3v) is 1.42. The maximum Gasteiger partial charge on any atom is 0.275 e. The Hall–Kier alpha value is -1.26. The summed E-state index contributed by atoms with van der Waals surface area (Å²) in [6.45, 7) is 3.45. The molecule has 0 spiro atoms. The molecule has 5 nitrogen and oxygen atoms in total. The van der Waals surface area contributed by atoms with Crippen LogP contribution in [0.5, 0.6) is 0 Å². The predicted octanol–water partition coefficient (Wildman–Crippen LogP) is 0.0771. The van der Waals surface area contributed by atoms with E-state index in [4.69, 9.17) is 0 Å². The van der Waals surface area contributed by atoms with Gasteiger partial charge in [-0.25, -0.2) is 5.43 Å². The van der Waals surface area contributed by atoms with Gasteiger partial charge in [-0.2, -0.15) is 0 Å². The number of hydrogen-bond donors (Lipinski definition) is 1. The first kappa shape index (κ1) is 7.84. The van der Waals surface area contributed by atoms with Crippen LogP contribution < -0.4 is 5.43 Å². The molecule has 1 aliphatic heterocycles. The summed E-state index contributed by atoms with van der Waals surface area (Å²) in [5.74, 6) is -0.796. The number of hydrogen-bond acceptors (Lipinski definition) is 4. The van der Waals surface area contributed by atoms with Crippen molar-refractivity contribution in [2.45, 2.75) is 19.9 Å². The van der Waals surface area contributed by atoms with Gasteiger partial charge in [-0.15, -0.1) is 5.11 Å². The van der Waals surface area contributed by atoms with Crippen molar-refractivity contribution in [3.63, 3.8) is 0 Å². The van der Waals surface area contributed by atoms with Gasteiger partial charge in [-0.3, -0.25) is 9.59 Å². The zero-order valence-corrected chi connectivity index (χ0v) is 6.37. The van der Waals surface area contributed by atoms with Gasteiger partial charge >= 0.3 is 0 Å². The molecule has 1 rings (SSSR count). The number of carbonyl (C=O) groups excluding carboxylic acids is 2. The first-order valence-corrected chi connectivity index (χ1v) is 3.36. The fraction of sp³-hybridized carbons (Fsp3) is 0.667. The highest BCUT2D eigenvalue weighted by atomic mass is 16.2. The minimum absolute atomic E-state index is 0.178. The second-order valence-electron chi connectivity index (χ2n) is 2.65. The van der Waals surface area contributed by atoms with Crippen LogP contribution in [0.2, 0.25) is 0 Å². The molecular formula is C6H9N3O2. The van der Waals surface area contributed by atoms with E-state index in [0.29, 0.717) is 0 Å². The molecule has 0 radical (unpaired) electrons. The molecule has 11 heavy (non-hydrogen) atoms. The molecule has 1 unspecified atom stereocenters. The normalized spacial score (nSPS) is 22.5. The minimum Gasteiger partial charge on any atom is -0.296 e. The third-order valence-electron chi connectivity index (χ3n) is 1.42. The molecule has 0 aromatic rings. The molecule has 1 atom stereocenters. The number of nitrogens with one attached hydrogen (secondary N) is 1. The Morgan fingerprint density at radius 3 is 2.64 bits per heavy atom. The molecule has 0 aromatic carbocycles. The molecule has 60 valence electrons. The van der Waals surface area contributed by atoms with E-state index in [1.54, 1.807) is 13.8 Å². The number of rotatable bonds is 2. The SMILES string of the molecule is CC(C)C(=O)C1N=NNC1=O. The van der Waals surface area contributed by atoms with Crippen LogP contribution in [-0.2, 0) is 9.59 Å². The Morgan fingerprint density at radius 2 is 2.27 bits per heavy atom. The molecule has 5 heteroatoms. The second kappa shape index (κ2) is 2.77. The fourth-order valence-corrected chi connectivity index (χ4v) is 0.751. The molecular weight excluding hydrogens is 146 g/mol. The molecule has 1 amide bonds. The highest BCUT2D eigenvalue weighted by Gasteiger charge is 2.31. The van der Waals surface area contributed by atoms with Gasteiger partial charge in [0.2, 0.25) is 6.04 Å². The van der Waals surface area contributed by atoms with Crippen molar-refractivity contribution in [1.82, 2.24) is 5.43 Å². The summed E-state index contributed by atoms with van der Waals surface area (Å²) in [7, 11) is 0. The smallest absolute Gasteiger partial charge is 0.275 e. The van der Waals surface area contributed by atoms with Gasteiger partial charge in [-0.1, -0.05) is 19.1 Å². The van der Waals surface area contributed by atoms with E-state index in [9.17, 15) is 9.59 Å². The zero-order chi connectivity index (χ0) is 8.43. The molecule has 1 aliphatic rings. The molecule has 0 saturated carbocycles. The molecule has 0 bridgehead atoms. The predicted molar refractivity (Wildman–Crippen MR) is 36.6 cm³/mol. The summed E-state index contributed by atoms with van der Waals surface area (Å²) in [4.78, 5) is 21.9. The largest absolute Gasteiger partial charge is 0.296 e. The highest BCUT2D eigenvalue weighted by Crippen LogP contribution is 2.07. The van der Waals surface area contributed by atoms with Crippen molar-refractivity contribution in [3.05, 3.63) is 0 Å². The lowest BCUT2D eigenvalue weighted by molar-refractivity contribution is -0.130. The van der Waals surface area contributed by atoms with Gasteiger partial charge in [-0.05, 0) is 0 Å². The van der Waals surface area contributed by atoms with Crippen molar-refractivity contribution in [2.75, 3.05) is 0 Å². The molecule has 1 heterocycles. The van der Waals surface area contributed by atoms with E-state index in [2.05, 4.69) is 15.8 Å². The quantitative estimate of drug-likeness (QED) is 0.573. The Morgan fingerprint density at radius 1 is 1.64 bits per heavy atom. The van der Waals surface area contributed by atoms with Crippen LogP contribution >= 0.6 is 0 Å². The Kier molecular flexibility index (Phi) is 1.98. The molecule has 0 saturated heterocycles. The zero-order valence-electron chi connectivity index (χ0n) is 6.37. The van der Waals surface area contributed by atoms with Crippen LogP contribution in [0.1, 0.15) is 13.8 Å². The summed E-state index contributed by atoms with van der Waals surface area (Å²) in [6, 6.07) is -0.907. The first-order chi connectivity index (χ1) is 5.13. The van der Waals surface area contributed by atoms with Crippen molar-refractivity contribution in [3.8, 4) is 0 Å². The van der Waals surface area contributed by atoms with Crippen LogP contribution in [0.15, 0.2) is 10.3 Å². The van der Waals surface area contributed by atoms with Gasteiger partial charge in [0, 0.05) is 5.92 Å². The first-order valence-electron chi connectivity index (χ1n) is 3.36. The summed E-state index contributed by atoms with van der Waals surface area (Å²) < 4.78 is 0. The number of ketones is 1. The van der Waals surface area contributed by atoms with E-state index >= 15 is 0 Å². The van der Waals surface area contributed by atoms with Crippen LogP contribution in [0, 0.1) is 5.92 Å². The van der Waals surface area contributed by atoms with Crippen molar-refractivity contribution in [2.24, 2.45) is 16.3 Å². The van der Waals surface area contributed by atoms with Crippen LogP contribution in [0.3, 0.4) is 0 Å². The summed E-state index contributed by atoms with van der Waals surface area (Å²) >= 11 is 0. The van der Waals surface area contributed by atoms with E-state index in [0.717, 1.165) is 0 Å². The number of carbonyl (C=O) groups is 2. The lowest BCUT2D eigenvalue weighted by Gasteiger charge is -2.04. The molecule has 0 aromatic heterocycles. The van der Waals surface area contributed by atoms with Gasteiger partial charge in [0.1, 0.15) is 0 Å². The standard InChI is InChI=1S/C6H9N3O2/c1-3(2)5(10)4-6(11)8-9-7-4/h3-4H,1-2H3,(H,7,8,11). The Balaban J connectivity index is 2.67. The maximum absolute atomic E-state index is 11.1. The summed E-state index contributed by atoms with van der Waals surface area (Å²) in [6.07, 6.45) is 0. The Bertz CT molecular complexity index is 222. The monoisotopic (exact) mass is 155 g/mol. The molecule has 0 fully saturated rings. The van der Waals surface area contributed by atoms with E-state index in [1.165, 1.54) is 0 Å². The minimum atomic E-state index is -0.907. The lowest BCUT2D eigenvalue weighted by atomic mass is 10.0. The van der Waals surface area contributed by atoms with Crippen molar-refractivity contribution < 1.29 is 9.59 Å². The topological polar surface area (TPSA) is 70.9 Å². The van der Waals surface area contributed by atoms with Gasteiger partial charge < -0.3 is 0 Å². The number of Topliss-reactive ketones (excluding diaryl/α,β-unsaturated/α-hetero) is 1. The average molecular weight is 155 g/mol. The van der Waals surface area contributed by atoms with Gasteiger partial charge in [0.15, 0.2) is 5.78 Å². The lowest BCUT2D eigenvalue weighted by Crippen LogP contribution is -2.33. The van der Waals surface area contributed by atoms with Gasteiger partial charge in [0.05, 0.1) is 0 Å². The second-order valence-corrected chi connectivity index (χ2v) is 2.65. The number of amides is 1. The van der Waals surface area contributed by atoms with Crippen LogP contribution in [-0.4, -0.2) is 17.7 Å². The Labute approximate surface area is 63.8 Å². The average Bonchev–Trinajstić information content (AvgIpc) is 2.33. The number of nitrogens with zero attached hydrogens (tertiary/aromatic N) is 2. The van der Waals surface area contributed by atoms with Gasteiger partial charge in [0.25, 0.3) is 5.91 Å². The third kappa shape index (κ3) is 1.42. The van der Waals surface area contributed by atoms with Crippen LogP contribution in [0.25, 0.3) is 0 Å². The van der Waals surface area contributed by atoms with E-state index in [-0.39, 0.29) is 11.7 Å². The maximum atomic E-state index is 11.1. The van der Waals surface area contributed by atoms with Crippen LogP contribution in [0.4, 0.5) is 0 Å². The molecule has 0 aliphatic carbocycles. The van der Waals surface area contributed by atoms with Crippen molar-refractivity contribution in [1.29, 1.82) is 0 Å². The fourth-order valence-electron chi connectivity index (χ4n) is 0.751. The van der Waals surface area contributed by atoms with Crippen molar-refractivity contribution >= 4 is 11.7 Å². The van der Waals surface area contributed by atoms with E-state index in [1.807, 2.05) is 0 Å². The summed E-state index contributed by atoms with van der Waals surface area (Å²) in [5.41, 5.74) is 2.10. The highest BCUT2D eigenvalue weighted by molar-refractivity contribution is 6.06. The van der Waals surface area contributed by atoms with E-state index < -0.39 is 11.9 Å².